The monoisotopic (exact) mass is 500 g/mol. The number of alkyl halides is 1. The first kappa shape index (κ1) is 25.0. The largest absolute Gasteiger partial charge is 0.378 e. The van der Waals surface area contributed by atoms with Gasteiger partial charge < -0.3 is 19.4 Å². The third-order valence-corrected chi connectivity index (χ3v) is 8.08. The summed E-state index contributed by atoms with van der Waals surface area (Å²) in [5, 5.41) is 0.288. The number of para-hydroxylation sites is 2. The van der Waals surface area contributed by atoms with Crippen molar-refractivity contribution in [1.82, 2.24) is 19.8 Å². The predicted octanol–water partition coefficient (Wildman–Crippen LogP) is 3.71. The van der Waals surface area contributed by atoms with Crippen molar-refractivity contribution < 1.29 is 4.74 Å². The molecule has 3 aliphatic rings. The lowest BCUT2D eigenvalue weighted by Crippen LogP contribution is -2.51. The molecule has 0 aliphatic carbocycles. The van der Waals surface area contributed by atoms with Crippen LogP contribution in [0.4, 0.5) is 11.6 Å². The van der Waals surface area contributed by atoms with E-state index < -0.39 is 0 Å². The van der Waals surface area contributed by atoms with Crippen LogP contribution < -0.4 is 9.80 Å². The van der Waals surface area contributed by atoms with Gasteiger partial charge >= 0.3 is 0 Å². The molecule has 2 unspecified atom stereocenters. The Morgan fingerprint density at radius 3 is 2.20 bits per heavy atom. The highest BCUT2D eigenvalue weighted by molar-refractivity contribution is 6.20. The Hall–Kier alpha value is -1.67. The second-order valence-corrected chi connectivity index (χ2v) is 11.4. The molecule has 3 saturated heterocycles. The van der Waals surface area contributed by atoms with Gasteiger partial charge in [-0.2, -0.15) is 0 Å². The van der Waals surface area contributed by atoms with Gasteiger partial charge in [-0.05, 0) is 44.2 Å². The van der Waals surface area contributed by atoms with Crippen LogP contribution in [0, 0.1) is 5.92 Å². The van der Waals surface area contributed by atoms with E-state index in [2.05, 4.69) is 51.6 Å². The Bertz CT molecular complexity index is 960. The van der Waals surface area contributed by atoms with E-state index >= 15 is 0 Å². The van der Waals surface area contributed by atoms with Crippen molar-refractivity contribution in [3.05, 3.63) is 24.3 Å². The molecule has 0 saturated carbocycles. The third-order valence-electron chi connectivity index (χ3n) is 7.86. The molecule has 3 aliphatic heterocycles. The summed E-state index contributed by atoms with van der Waals surface area (Å²) in [7, 11) is 0. The van der Waals surface area contributed by atoms with Crippen LogP contribution in [0.3, 0.4) is 0 Å². The minimum absolute atomic E-state index is 0.288. The second-order valence-electron chi connectivity index (χ2n) is 10.6. The Morgan fingerprint density at radius 2 is 1.54 bits per heavy atom. The molecule has 0 radical (unpaired) electrons. The molecule has 192 valence electrons. The quantitative estimate of drug-likeness (QED) is 0.512. The lowest BCUT2D eigenvalue weighted by atomic mass is 10.0. The Morgan fingerprint density at radius 1 is 0.886 bits per heavy atom. The van der Waals surface area contributed by atoms with Gasteiger partial charge in [0.25, 0.3) is 0 Å². The van der Waals surface area contributed by atoms with Crippen LogP contribution in [0.1, 0.15) is 33.1 Å². The number of rotatable bonds is 8. The van der Waals surface area contributed by atoms with Crippen molar-refractivity contribution in [3.8, 4) is 0 Å². The summed E-state index contributed by atoms with van der Waals surface area (Å²) in [5.41, 5.74) is 1.95. The van der Waals surface area contributed by atoms with E-state index in [1.165, 1.54) is 32.5 Å². The fourth-order valence-corrected chi connectivity index (χ4v) is 5.90. The molecule has 3 atom stereocenters. The average molecular weight is 501 g/mol. The van der Waals surface area contributed by atoms with Crippen molar-refractivity contribution in [3.63, 3.8) is 0 Å². The summed E-state index contributed by atoms with van der Waals surface area (Å²) in [6.45, 7) is 15.7. The van der Waals surface area contributed by atoms with E-state index in [-0.39, 0.29) is 5.38 Å². The number of aromatic nitrogens is 2. The van der Waals surface area contributed by atoms with Crippen molar-refractivity contribution in [1.29, 1.82) is 0 Å². The first-order valence-corrected chi connectivity index (χ1v) is 14.0. The lowest BCUT2D eigenvalue weighted by Gasteiger charge is -2.39. The minimum Gasteiger partial charge on any atom is -0.378 e. The maximum Gasteiger partial charge on any atom is 0.172 e. The zero-order valence-corrected chi connectivity index (χ0v) is 22.2. The van der Waals surface area contributed by atoms with Gasteiger partial charge in [0, 0.05) is 70.3 Å². The number of fused-ring (bicyclic) bond motifs is 1. The fraction of sp³-hybridized carbons (Fsp3) is 0.704. The zero-order valence-electron chi connectivity index (χ0n) is 21.4. The number of morpholine rings is 1. The van der Waals surface area contributed by atoms with E-state index in [9.17, 15) is 0 Å². The maximum absolute atomic E-state index is 6.15. The average Bonchev–Trinajstić information content (AvgIpc) is 3.38. The van der Waals surface area contributed by atoms with Crippen LogP contribution in [-0.2, 0) is 4.74 Å². The van der Waals surface area contributed by atoms with Gasteiger partial charge in [0.1, 0.15) is 0 Å². The van der Waals surface area contributed by atoms with Gasteiger partial charge in [-0.1, -0.05) is 19.1 Å². The molecule has 2 aromatic rings. The molecule has 4 heterocycles. The van der Waals surface area contributed by atoms with E-state index in [4.69, 9.17) is 26.3 Å². The molecule has 0 bridgehead atoms. The van der Waals surface area contributed by atoms with Crippen LogP contribution in [0.2, 0.25) is 0 Å². The highest BCUT2D eigenvalue weighted by atomic mass is 35.5. The van der Waals surface area contributed by atoms with Crippen molar-refractivity contribution in [2.75, 3.05) is 81.9 Å². The Labute approximate surface area is 215 Å². The Kier molecular flexibility index (Phi) is 8.28. The molecule has 0 amide bonds. The van der Waals surface area contributed by atoms with E-state index in [0.717, 1.165) is 87.5 Å². The number of hydrogen-bond acceptors (Lipinski definition) is 7. The topological polar surface area (TPSA) is 48.0 Å². The number of hydrogen-bond donors (Lipinski definition) is 0. The second kappa shape index (κ2) is 11.6. The highest BCUT2D eigenvalue weighted by Gasteiger charge is 2.33. The molecule has 1 aromatic carbocycles. The predicted molar refractivity (Wildman–Crippen MR) is 145 cm³/mol. The molecule has 5 rings (SSSR count). The van der Waals surface area contributed by atoms with Gasteiger partial charge in [-0.15, -0.1) is 11.6 Å². The third kappa shape index (κ3) is 6.19. The standard InChI is InChI=1S/C27H41ClN6O/c1-21(7-8-22(2)28)19-31-11-13-32(14-12-31)23-9-10-34(20-23)27-26(33-15-17-35-18-16-33)29-24-5-3-4-6-25(24)30-27/h3-6,21-23H,7-20H2,1-2H3/t21?,22?,23-/m1/s1. The summed E-state index contributed by atoms with van der Waals surface area (Å²) in [6, 6.07) is 8.84. The van der Waals surface area contributed by atoms with Crippen molar-refractivity contribution in [2.45, 2.75) is 44.5 Å². The number of halogens is 1. The van der Waals surface area contributed by atoms with E-state index in [1.54, 1.807) is 0 Å². The summed E-state index contributed by atoms with van der Waals surface area (Å²) in [6.07, 6.45) is 3.53. The van der Waals surface area contributed by atoms with E-state index in [1.807, 2.05) is 6.07 Å². The zero-order chi connectivity index (χ0) is 24.2. The molecular weight excluding hydrogens is 460 g/mol. The van der Waals surface area contributed by atoms with Crippen LogP contribution >= 0.6 is 11.6 Å². The van der Waals surface area contributed by atoms with Crippen molar-refractivity contribution in [2.24, 2.45) is 5.92 Å². The molecule has 35 heavy (non-hydrogen) atoms. The number of anilines is 2. The SMILES string of the molecule is CC(Cl)CCC(C)CN1CCN([C@@H]2CCN(c3nc4ccccc4nc3N3CCOCC3)C2)CC1. The summed E-state index contributed by atoms with van der Waals surface area (Å²) in [5.74, 6) is 2.79. The molecule has 1 aromatic heterocycles. The van der Waals surface area contributed by atoms with Gasteiger partial charge in [0.2, 0.25) is 0 Å². The number of ether oxygens (including phenoxy) is 1. The smallest absolute Gasteiger partial charge is 0.172 e. The number of nitrogens with zero attached hydrogens (tertiary/aromatic N) is 6. The molecular formula is C27H41ClN6O. The summed E-state index contributed by atoms with van der Waals surface area (Å²) < 4.78 is 5.61. The van der Waals surface area contributed by atoms with Crippen LogP contribution in [0.25, 0.3) is 11.0 Å². The lowest BCUT2D eigenvalue weighted by molar-refractivity contribution is 0.0927. The minimum atomic E-state index is 0.288. The van der Waals surface area contributed by atoms with Crippen LogP contribution in [0.15, 0.2) is 24.3 Å². The number of benzene rings is 1. The first-order valence-electron chi connectivity index (χ1n) is 13.5. The summed E-state index contributed by atoms with van der Waals surface area (Å²) in [4.78, 5) is 20.4. The maximum atomic E-state index is 6.15. The van der Waals surface area contributed by atoms with Gasteiger partial charge in [0.05, 0.1) is 24.2 Å². The molecule has 3 fully saturated rings. The van der Waals surface area contributed by atoms with Crippen molar-refractivity contribution >= 4 is 34.3 Å². The normalized spacial score (nSPS) is 24.3. The molecule has 0 spiro atoms. The first-order chi connectivity index (χ1) is 17.1. The Balaban J connectivity index is 1.22. The van der Waals surface area contributed by atoms with Gasteiger partial charge in [-0.25, -0.2) is 9.97 Å². The molecule has 7 nitrogen and oxygen atoms in total. The molecule has 8 heteroatoms. The number of piperazine rings is 1. The van der Waals surface area contributed by atoms with Crippen LogP contribution in [-0.4, -0.2) is 103 Å². The van der Waals surface area contributed by atoms with Gasteiger partial charge in [-0.3, -0.25) is 4.90 Å². The summed E-state index contributed by atoms with van der Waals surface area (Å²) >= 11 is 6.15. The fourth-order valence-electron chi connectivity index (χ4n) is 5.77. The van der Waals surface area contributed by atoms with E-state index in [0.29, 0.717) is 6.04 Å². The van der Waals surface area contributed by atoms with Gasteiger partial charge in [0.15, 0.2) is 11.6 Å². The molecule has 0 N–H and O–H groups in total. The highest BCUT2D eigenvalue weighted by Crippen LogP contribution is 2.32. The van der Waals surface area contributed by atoms with Crippen LogP contribution in [0.5, 0.6) is 0 Å².